The van der Waals surface area contributed by atoms with Gasteiger partial charge in [0.25, 0.3) is 0 Å². The van der Waals surface area contributed by atoms with Gasteiger partial charge in [-0.3, -0.25) is 0 Å². The minimum atomic E-state index is 0.770. The van der Waals surface area contributed by atoms with Crippen molar-refractivity contribution >= 4 is 5.82 Å². The van der Waals surface area contributed by atoms with E-state index in [0.29, 0.717) is 0 Å². The van der Waals surface area contributed by atoms with Gasteiger partial charge in [0.2, 0.25) is 0 Å². The van der Waals surface area contributed by atoms with Gasteiger partial charge in [0.05, 0.1) is 6.61 Å². The molecular formula is C19H25N3O. The summed E-state index contributed by atoms with van der Waals surface area (Å²) in [5.41, 5.74) is 1.22. The lowest BCUT2D eigenvalue weighted by Gasteiger charge is -2.14. The molecule has 122 valence electrons. The zero-order chi connectivity index (χ0) is 15.7. The molecule has 4 heteroatoms. The summed E-state index contributed by atoms with van der Waals surface area (Å²) in [6, 6.07) is 14.2. The molecule has 1 aliphatic heterocycles. The second-order valence-corrected chi connectivity index (χ2v) is 5.96. The van der Waals surface area contributed by atoms with Gasteiger partial charge < -0.3 is 15.0 Å². The van der Waals surface area contributed by atoms with Crippen LogP contribution in [-0.4, -0.2) is 36.1 Å². The Hall–Kier alpha value is -2.07. The fourth-order valence-electron chi connectivity index (χ4n) is 2.85. The van der Waals surface area contributed by atoms with Crippen LogP contribution in [0.2, 0.25) is 0 Å². The van der Waals surface area contributed by atoms with Crippen molar-refractivity contribution in [1.82, 2.24) is 9.88 Å². The first-order chi connectivity index (χ1) is 11.4. The summed E-state index contributed by atoms with van der Waals surface area (Å²) in [6.07, 6.45) is 5.61. The van der Waals surface area contributed by atoms with Crippen molar-refractivity contribution in [3.8, 4) is 5.75 Å². The van der Waals surface area contributed by atoms with Gasteiger partial charge in [-0.1, -0.05) is 18.2 Å². The molecule has 4 nitrogen and oxygen atoms in total. The van der Waals surface area contributed by atoms with Gasteiger partial charge in [-0.15, -0.1) is 0 Å². The Bertz CT molecular complexity index is 565. The standard InChI is InChI=1S/C19H25N3O/c1-2-11-20-19(6-1)21-16-17-7-9-18(10-8-17)23-15-5-14-22-12-3-4-13-22/h1-2,6-11H,3-5,12-16H2,(H,20,21). The Balaban J connectivity index is 1.36. The van der Waals surface area contributed by atoms with Crippen LogP contribution in [0.3, 0.4) is 0 Å². The molecule has 0 aliphatic carbocycles. The first kappa shape index (κ1) is 15.8. The smallest absolute Gasteiger partial charge is 0.126 e. The van der Waals surface area contributed by atoms with Crippen molar-refractivity contribution < 1.29 is 4.74 Å². The number of pyridine rings is 1. The highest BCUT2D eigenvalue weighted by Crippen LogP contribution is 2.14. The molecule has 2 heterocycles. The van der Waals surface area contributed by atoms with Crippen LogP contribution in [0.15, 0.2) is 48.7 Å². The third-order valence-electron chi connectivity index (χ3n) is 4.15. The van der Waals surface area contributed by atoms with Crippen molar-refractivity contribution in [1.29, 1.82) is 0 Å². The molecule has 1 saturated heterocycles. The third-order valence-corrected chi connectivity index (χ3v) is 4.15. The Morgan fingerprint density at radius 2 is 1.87 bits per heavy atom. The monoisotopic (exact) mass is 311 g/mol. The molecular weight excluding hydrogens is 286 g/mol. The SMILES string of the molecule is c1ccc(NCc2ccc(OCCCN3CCCC3)cc2)nc1. The van der Waals surface area contributed by atoms with E-state index in [1.54, 1.807) is 6.20 Å². The molecule has 3 rings (SSSR count). The molecule has 1 aromatic carbocycles. The van der Waals surface area contributed by atoms with Gasteiger partial charge in [0, 0.05) is 19.3 Å². The van der Waals surface area contributed by atoms with Crippen molar-refractivity contribution in [2.75, 3.05) is 31.6 Å². The van der Waals surface area contributed by atoms with Crippen molar-refractivity contribution in [2.45, 2.75) is 25.8 Å². The summed E-state index contributed by atoms with van der Waals surface area (Å²) in [4.78, 5) is 6.78. The average molecular weight is 311 g/mol. The molecule has 0 bridgehead atoms. The van der Waals surface area contributed by atoms with Crippen LogP contribution in [0.5, 0.6) is 5.75 Å². The van der Waals surface area contributed by atoms with Gasteiger partial charge in [-0.05, 0) is 62.2 Å². The third kappa shape index (κ3) is 5.25. The Labute approximate surface area is 138 Å². The normalized spacial score (nSPS) is 14.8. The van der Waals surface area contributed by atoms with Crippen LogP contribution >= 0.6 is 0 Å². The Morgan fingerprint density at radius 1 is 1.04 bits per heavy atom. The molecule has 1 aliphatic rings. The second kappa shape index (κ2) is 8.53. The molecule has 2 aromatic rings. The number of ether oxygens (including phenoxy) is 1. The van der Waals surface area contributed by atoms with Crippen LogP contribution in [0.25, 0.3) is 0 Å². The molecule has 0 amide bonds. The fourth-order valence-corrected chi connectivity index (χ4v) is 2.85. The highest BCUT2D eigenvalue weighted by Gasteiger charge is 2.10. The maximum Gasteiger partial charge on any atom is 0.126 e. The lowest BCUT2D eigenvalue weighted by Crippen LogP contribution is -2.21. The van der Waals surface area contributed by atoms with E-state index >= 15 is 0 Å². The summed E-state index contributed by atoms with van der Waals surface area (Å²) in [5, 5.41) is 3.31. The highest BCUT2D eigenvalue weighted by molar-refractivity contribution is 5.36. The molecule has 1 aromatic heterocycles. The fraction of sp³-hybridized carbons (Fsp3) is 0.421. The summed E-state index contributed by atoms with van der Waals surface area (Å²) in [7, 11) is 0. The Kier molecular flexibility index (Phi) is 5.87. The zero-order valence-electron chi connectivity index (χ0n) is 13.6. The molecule has 0 atom stereocenters. The van der Waals surface area contributed by atoms with E-state index < -0.39 is 0 Å². The number of hydrogen-bond acceptors (Lipinski definition) is 4. The minimum absolute atomic E-state index is 0.770. The number of benzene rings is 1. The van der Waals surface area contributed by atoms with Gasteiger partial charge in [-0.2, -0.15) is 0 Å². The second-order valence-electron chi connectivity index (χ2n) is 5.96. The van der Waals surface area contributed by atoms with Gasteiger partial charge in [0.15, 0.2) is 0 Å². The van der Waals surface area contributed by atoms with E-state index in [9.17, 15) is 0 Å². The lowest BCUT2D eigenvalue weighted by atomic mass is 10.2. The predicted molar refractivity (Wildman–Crippen MR) is 93.8 cm³/mol. The predicted octanol–water partition coefficient (Wildman–Crippen LogP) is 3.56. The lowest BCUT2D eigenvalue weighted by molar-refractivity contribution is 0.263. The number of anilines is 1. The van der Waals surface area contributed by atoms with Crippen molar-refractivity contribution in [2.24, 2.45) is 0 Å². The number of nitrogens with one attached hydrogen (secondary N) is 1. The Morgan fingerprint density at radius 3 is 2.61 bits per heavy atom. The number of rotatable bonds is 8. The highest BCUT2D eigenvalue weighted by atomic mass is 16.5. The summed E-state index contributed by atoms with van der Waals surface area (Å²) >= 11 is 0. The van der Waals surface area contributed by atoms with Gasteiger partial charge >= 0.3 is 0 Å². The largest absolute Gasteiger partial charge is 0.494 e. The van der Waals surface area contributed by atoms with Crippen molar-refractivity contribution in [3.63, 3.8) is 0 Å². The molecule has 0 radical (unpaired) electrons. The van der Waals surface area contributed by atoms with Crippen LogP contribution < -0.4 is 10.1 Å². The van der Waals surface area contributed by atoms with Gasteiger partial charge in [0.1, 0.15) is 11.6 Å². The first-order valence-corrected chi connectivity index (χ1v) is 8.49. The van der Waals surface area contributed by atoms with Crippen LogP contribution in [0.4, 0.5) is 5.82 Å². The first-order valence-electron chi connectivity index (χ1n) is 8.49. The average Bonchev–Trinajstić information content (AvgIpc) is 3.12. The van der Waals surface area contributed by atoms with Crippen molar-refractivity contribution in [3.05, 3.63) is 54.2 Å². The molecule has 1 N–H and O–H groups in total. The summed E-state index contributed by atoms with van der Waals surface area (Å²) in [6.45, 7) is 5.25. The zero-order valence-corrected chi connectivity index (χ0v) is 13.6. The number of hydrogen-bond donors (Lipinski definition) is 1. The molecule has 0 unspecified atom stereocenters. The van der Waals surface area contributed by atoms with E-state index in [1.807, 2.05) is 30.3 Å². The number of nitrogens with zero attached hydrogens (tertiary/aromatic N) is 2. The number of aromatic nitrogens is 1. The topological polar surface area (TPSA) is 37.4 Å². The molecule has 1 fully saturated rings. The molecule has 0 saturated carbocycles. The quantitative estimate of drug-likeness (QED) is 0.756. The maximum absolute atomic E-state index is 5.82. The van der Waals surface area contributed by atoms with E-state index in [-0.39, 0.29) is 0 Å². The maximum atomic E-state index is 5.82. The van der Waals surface area contributed by atoms with E-state index in [1.165, 1.54) is 31.5 Å². The molecule has 23 heavy (non-hydrogen) atoms. The summed E-state index contributed by atoms with van der Waals surface area (Å²) in [5.74, 6) is 1.85. The van der Waals surface area contributed by atoms with Crippen LogP contribution in [0, 0.1) is 0 Å². The number of likely N-dealkylation sites (tertiary alicyclic amines) is 1. The van der Waals surface area contributed by atoms with Crippen LogP contribution in [0.1, 0.15) is 24.8 Å². The van der Waals surface area contributed by atoms with Crippen LogP contribution in [-0.2, 0) is 6.54 Å². The van der Waals surface area contributed by atoms with E-state index in [2.05, 4.69) is 27.3 Å². The summed E-state index contributed by atoms with van der Waals surface area (Å²) < 4.78 is 5.82. The van der Waals surface area contributed by atoms with Gasteiger partial charge in [-0.25, -0.2) is 4.98 Å². The van der Waals surface area contributed by atoms with E-state index in [4.69, 9.17) is 4.74 Å². The van der Waals surface area contributed by atoms with E-state index in [0.717, 1.165) is 37.7 Å². The molecule has 0 spiro atoms. The minimum Gasteiger partial charge on any atom is -0.494 e.